The second-order valence-corrected chi connectivity index (χ2v) is 7.33. The average molecular weight is 374 g/mol. The number of carbonyl (C=O) groups excluding carboxylic acids is 3. The van der Waals surface area contributed by atoms with Crippen molar-refractivity contribution in [3.05, 3.63) is 28.2 Å². The summed E-state index contributed by atoms with van der Waals surface area (Å²) in [5, 5.41) is 2.70. The zero-order chi connectivity index (χ0) is 19.6. The number of likely N-dealkylation sites (tertiary alicyclic amines) is 2. The Labute approximate surface area is 158 Å². The molecule has 2 aliphatic heterocycles. The number of aromatic nitrogens is 1. The summed E-state index contributed by atoms with van der Waals surface area (Å²) in [5.74, 6) is -0.589. The molecule has 1 N–H and O–H groups in total. The van der Waals surface area contributed by atoms with Gasteiger partial charge in [0.05, 0.1) is 5.56 Å². The van der Waals surface area contributed by atoms with Crippen LogP contribution in [-0.4, -0.2) is 58.3 Å². The summed E-state index contributed by atoms with van der Waals surface area (Å²) >= 11 is 0. The smallest absolute Gasteiger partial charge is 0.274 e. The van der Waals surface area contributed by atoms with Crippen LogP contribution in [-0.2, 0) is 16.6 Å². The molecule has 0 aliphatic carbocycles. The van der Waals surface area contributed by atoms with Crippen LogP contribution in [0.2, 0.25) is 0 Å². The highest BCUT2D eigenvalue weighted by Gasteiger charge is 2.27. The third kappa shape index (κ3) is 4.20. The maximum absolute atomic E-state index is 12.6. The highest BCUT2D eigenvalue weighted by molar-refractivity contribution is 5.97. The number of pyridine rings is 1. The number of amides is 3. The van der Waals surface area contributed by atoms with E-state index in [2.05, 4.69) is 5.32 Å². The predicted octanol–water partition coefficient (Wildman–Crippen LogP) is 0.818. The first-order valence-corrected chi connectivity index (χ1v) is 9.43. The topological polar surface area (TPSA) is 91.7 Å². The van der Waals surface area contributed by atoms with Gasteiger partial charge in [0.15, 0.2) is 0 Å². The highest BCUT2D eigenvalue weighted by Crippen LogP contribution is 2.20. The molecule has 2 saturated heterocycles. The van der Waals surface area contributed by atoms with Gasteiger partial charge in [0.2, 0.25) is 11.8 Å². The Morgan fingerprint density at radius 1 is 1.04 bits per heavy atom. The second kappa shape index (κ2) is 7.94. The fourth-order valence-corrected chi connectivity index (χ4v) is 3.71. The van der Waals surface area contributed by atoms with Crippen LogP contribution in [0.25, 0.3) is 0 Å². The number of rotatable bonds is 3. The Morgan fingerprint density at radius 3 is 2.26 bits per heavy atom. The van der Waals surface area contributed by atoms with Crippen molar-refractivity contribution >= 4 is 23.4 Å². The summed E-state index contributed by atoms with van der Waals surface area (Å²) in [6.45, 7) is 4.04. The predicted molar refractivity (Wildman–Crippen MR) is 100 cm³/mol. The lowest BCUT2D eigenvalue weighted by Gasteiger charge is -2.30. The first-order chi connectivity index (χ1) is 12.9. The molecule has 0 aromatic carbocycles. The number of nitrogens with zero attached hydrogens (tertiary/aromatic N) is 3. The van der Waals surface area contributed by atoms with Gasteiger partial charge in [0.25, 0.3) is 11.5 Å². The molecule has 0 radical (unpaired) electrons. The van der Waals surface area contributed by atoms with E-state index in [1.54, 1.807) is 16.8 Å². The number of aryl methyl sites for hydroxylation is 1. The van der Waals surface area contributed by atoms with Gasteiger partial charge >= 0.3 is 0 Å². The van der Waals surface area contributed by atoms with E-state index in [0.29, 0.717) is 31.5 Å². The Bertz CT molecular complexity index is 802. The lowest BCUT2D eigenvalue weighted by atomic mass is 9.96. The van der Waals surface area contributed by atoms with Crippen molar-refractivity contribution in [3.8, 4) is 0 Å². The van der Waals surface area contributed by atoms with Gasteiger partial charge < -0.3 is 19.7 Å². The summed E-state index contributed by atoms with van der Waals surface area (Å²) in [4.78, 5) is 52.5. The van der Waals surface area contributed by atoms with Crippen LogP contribution >= 0.6 is 0 Å². The molecule has 2 fully saturated rings. The SMILES string of the molecule is CC(=O)N1CCC(C(=O)Nc2cc(C(=O)N3CCCC3)cn(C)c2=O)CC1. The van der Waals surface area contributed by atoms with E-state index >= 15 is 0 Å². The molecule has 1 aromatic heterocycles. The number of nitrogens with one attached hydrogen (secondary N) is 1. The van der Waals surface area contributed by atoms with E-state index in [9.17, 15) is 19.2 Å². The molecule has 3 amide bonds. The minimum Gasteiger partial charge on any atom is -0.343 e. The van der Waals surface area contributed by atoms with Crippen LogP contribution < -0.4 is 10.9 Å². The number of hydrogen-bond acceptors (Lipinski definition) is 4. The van der Waals surface area contributed by atoms with Crippen molar-refractivity contribution in [3.63, 3.8) is 0 Å². The summed E-state index contributed by atoms with van der Waals surface area (Å²) in [6.07, 6.45) is 4.63. The van der Waals surface area contributed by atoms with Crippen LogP contribution in [0.1, 0.15) is 43.0 Å². The van der Waals surface area contributed by atoms with E-state index < -0.39 is 0 Å². The Hall–Kier alpha value is -2.64. The van der Waals surface area contributed by atoms with Gasteiger partial charge in [-0.15, -0.1) is 0 Å². The van der Waals surface area contributed by atoms with E-state index in [0.717, 1.165) is 25.9 Å². The van der Waals surface area contributed by atoms with Crippen LogP contribution in [0.15, 0.2) is 17.1 Å². The molecule has 27 heavy (non-hydrogen) atoms. The first-order valence-electron chi connectivity index (χ1n) is 9.43. The van der Waals surface area contributed by atoms with Crippen molar-refractivity contribution in [2.75, 3.05) is 31.5 Å². The molecule has 2 aliphatic rings. The first kappa shape index (κ1) is 19.1. The lowest BCUT2D eigenvalue weighted by molar-refractivity contribution is -0.132. The van der Waals surface area contributed by atoms with Gasteiger partial charge in [-0.2, -0.15) is 0 Å². The van der Waals surface area contributed by atoms with E-state index in [4.69, 9.17) is 0 Å². The van der Waals surface area contributed by atoms with Crippen molar-refractivity contribution in [2.45, 2.75) is 32.6 Å². The van der Waals surface area contributed by atoms with Crippen molar-refractivity contribution in [1.29, 1.82) is 0 Å². The Balaban J connectivity index is 1.72. The number of piperidine rings is 1. The normalized spacial score (nSPS) is 17.9. The Kier molecular flexibility index (Phi) is 5.62. The summed E-state index contributed by atoms with van der Waals surface area (Å²) in [5.41, 5.74) is 0.185. The molecule has 8 heteroatoms. The molecular weight excluding hydrogens is 348 g/mol. The van der Waals surface area contributed by atoms with Crippen molar-refractivity contribution in [1.82, 2.24) is 14.4 Å². The molecule has 0 atom stereocenters. The highest BCUT2D eigenvalue weighted by atomic mass is 16.2. The van der Waals surface area contributed by atoms with Crippen LogP contribution in [0, 0.1) is 5.92 Å². The molecule has 1 aromatic rings. The van der Waals surface area contributed by atoms with Crippen LogP contribution in [0.5, 0.6) is 0 Å². The zero-order valence-corrected chi connectivity index (χ0v) is 15.9. The van der Waals surface area contributed by atoms with Gasteiger partial charge in [-0.05, 0) is 31.7 Å². The molecule has 0 spiro atoms. The van der Waals surface area contributed by atoms with Crippen LogP contribution in [0.4, 0.5) is 5.69 Å². The van der Waals surface area contributed by atoms with Crippen LogP contribution in [0.3, 0.4) is 0 Å². The molecule has 146 valence electrons. The summed E-state index contributed by atoms with van der Waals surface area (Å²) in [6, 6.07) is 1.48. The average Bonchev–Trinajstić information content (AvgIpc) is 3.19. The molecule has 3 rings (SSSR count). The third-order valence-corrected chi connectivity index (χ3v) is 5.39. The van der Waals surface area contributed by atoms with E-state index in [-0.39, 0.29) is 34.9 Å². The molecule has 0 bridgehead atoms. The summed E-state index contributed by atoms with van der Waals surface area (Å²) in [7, 11) is 1.57. The van der Waals surface area contributed by atoms with Crippen molar-refractivity contribution < 1.29 is 14.4 Å². The third-order valence-electron chi connectivity index (χ3n) is 5.39. The molecule has 0 unspecified atom stereocenters. The molecule has 3 heterocycles. The molecule has 0 saturated carbocycles. The lowest BCUT2D eigenvalue weighted by Crippen LogP contribution is -2.41. The second-order valence-electron chi connectivity index (χ2n) is 7.33. The zero-order valence-electron chi connectivity index (χ0n) is 15.9. The monoisotopic (exact) mass is 374 g/mol. The quantitative estimate of drug-likeness (QED) is 0.848. The minimum absolute atomic E-state index is 0.0100. The maximum atomic E-state index is 12.6. The van der Waals surface area contributed by atoms with E-state index in [1.165, 1.54) is 23.8 Å². The Morgan fingerprint density at radius 2 is 1.67 bits per heavy atom. The van der Waals surface area contributed by atoms with E-state index in [1.807, 2.05) is 0 Å². The fraction of sp³-hybridized carbons (Fsp3) is 0.579. The number of hydrogen-bond donors (Lipinski definition) is 1. The van der Waals surface area contributed by atoms with Gasteiger partial charge in [-0.3, -0.25) is 19.2 Å². The van der Waals surface area contributed by atoms with Crippen molar-refractivity contribution in [2.24, 2.45) is 13.0 Å². The van der Waals surface area contributed by atoms with Gasteiger partial charge in [0.1, 0.15) is 5.69 Å². The van der Waals surface area contributed by atoms with Gasteiger partial charge in [-0.25, -0.2) is 0 Å². The van der Waals surface area contributed by atoms with Gasteiger partial charge in [0, 0.05) is 52.3 Å². The number of anilines is 1. The number of carbonyl (C=O) groups is 3. The van der Waals surface area contributed by atoms with Gasteiger partial charge in [-0.1, -0.05) is 0 Å². The fourth-order valence-electron chi connectivity index (χ4n) is 3.71. The molecular formula is C19H26N4O4. The molecule has 8 nitrogen and oxygen atoms in total. The largest absolute Gasteiger partial charge is 0.343 e. The standard InChI is InChI=1S/C19H26N4O4/c1-13(24)22-9-5-14(6-10-22)17(25)20-16-11-15(12-21(2)19(16)27)18(26)23-7-3-4-8-23/h11-12,14H,3-10H2,1-2H3,(H,20,25). The minimum atomic E-state index is -0.345. The summed E-state index contributed by atoms with van der Waals surface area (Å²) < 4.78 is 1.33. The maximum Gasteiger partial charge on any atom is 0.274 e.